The lowest BCUT2D eigenvalue weighted by Gasteiger charge is -2.42. The van der Waals surface area contributed by atoms with Crippen LogP contribution in [0.1, 0.15) is 36.3 Å². The molecule has 3 rings (SSSR count). The summed E-state index contributed by atoms with van der Waals surface area (Å²) in [5.74, 6) is 0.620. The van der Waals surface area contributed by atoms with Crippen molar-refractivity contribution in [3.63, 3.8) is 0 Å². The molecular weight excluding hydrogens is 352 g/mol. The number of aliphatic hydroxyl groups is 1. The average Bonchev–Trinajstić information content (AvgIpc) is 2.69. The van der Waals surface area contributed by atoms with Crippen molar-refractivity contribution in [2.24, 2.45) is 5.92 Å². The Hall–Kier alpha value is -2.31. The van der Waals surface area contributed by atoms with Gasteiger partial charge in [0.2, 0.25) is 0 Å². The minimum absolute atomic E-state index is 0.0497. The number of aromatic nitrogens is 2. The Morgan fingerprint density at radius 1 is 1.14 bits per heavy atom. The Balaban J connectivity index is 1.68. The molecule has 1 amide bonds. The number of nitrogens with zero attached hydrogens (tertiary/aromatic N) is 4. The van der Waals surface area contributed by atoms with Gasteiger partial charge >= 0.3 is 0 Å². The van der Waals surface area contributed by atoms with Gasteiger partial charge in [-0.2, -0.15) is 10.2 Å². The first-order valence-corrected chi connectivity index (χ1v) is 10.0. The van der Waals surface area contributed by atoms with Gasteiger partial charge < -0.3 is 10.0 Å². The van der Waals surface area contributed by atoms with Crippen LogP contribution in [-0.4, -0.2) is 69.8 Å². The highest BCUT2D eigenvalue weighted by Gasteiger charge is 2.29. The predicted octanol–water partition coefficient (Wildman–Crippen LogP) is 2.62. The number of aliphatic hydroxyl groups excluding tert-OH is 1. The fourth-order valence-corrected chi connectivity index (χ4v) is 3.73. The fraction of sp³-hybridized carbons (Fsp3) is 0.500. The average molecular weight is 383 g/mol. The van der Waals surface area contributed by atoms with E-state index in [4.69, 9.17) is 0 Å². The molecule has 6 nitrogen and oxygen atoms in total. The molecule has 1 N–H and O–H groups in total. The van der Waals surface area contributed by atoms with Crippen LogP contribution >= 0.6 is 0 Å². The van der Waals surface area contributed by atoms with Crippen molar-refractivity contribution in [2.75, 3.05) is 32.8 Å². The van der Waals surface area contributed by atoms with Gasteiger partial charge in [0.15, 0.2) is 0 Å². The van der Waals surface area contributed by atoms with Crippen molar-refractivity contribution in [2.45, 2.75) is 33.2 Å². The molecule has 1 atom stereocenters. The van der Waals surface area contributed by atoms with E-state index in [-0.39, 0.29) is 18.6 Å². The van der Waals surface area contributed by atoms with Gasteiger partial charge in [0.05, 0.1) is 11.4 Å². The summed E-state index contributed by atoms with van der Waals surface area (Å²) < 4.78 is 0. The van der Waals surface area contributed by atoms with Crippen LogP contribution in [0.4, 0.5) is 0 Å². The summed E-state index contributed by atoms with van der Waals surface area (Å²) in [5, 5.41) is 17.7. The zero-order valence-electron chi connectivity index (χ0n) is 17.0. The number of piperazine rings is 1. The fourth-order valence-electron chi connectivity index (χ4n) is 3.73. The van der Waals surface area contributed by atoms with Crippen molar-refractivity contribution < 1.29 is 9.90 Å². The van der Waals surface area contributed by atoms with E-state index in [0.29, 0.717) is 24.4 Å². The number of hydrogen-bond acceptors (Lipinski definition) is 5. The second kappa shape index (κ2) is 9.26. The third-order valence-electron chi connectivity index (χ3n) is 5.18. The molecule has 150 valence electrons. The molecule has 1 fully saturated rings. The molecule has 1 unspecified atom stereocenters. The third-order valence-corrected chi connectivity index (χ3v) is 5.18. The van der Waals surface area contributed by atoms with Crippen molar-refractivity contribution in [1.29, 1.82) is 0 Å². The molecule has 0 aliphatic carbocycles. The Labute approximate surface area is 167 Å². The third kappa shape index (κ3) is 4.94. The Kier molecular flexibility index (Phi) is 6.75. The molecular formula is C22H30N4O2. The minimum Gasteiger partial charge on any atom is -0.396 e. The van der Waals surface area contributed by atoms with E-state index in [0.717, 1.165) is 36.6 Å². The normalized spacial score (nSPS) is 17.9. The number of amides is 1. The van der Waals surface area contributed by atoms with Gasteiger partial charge in [-0.15, -0.1) is 0 Å². The molecule has 0 radical (unpaired) electrons. The Morgan fingerprint density at radius 2 is 1.89 bits per heavy atom. The van der Waals surface area contributed by atoms with Crippen LogP contribution in [0.2, 0.25) is 0 Å². The molecule has 2 aromatic rings. The van der Waals surface area contributed by atoms with Gasteiger partial charge in [0.1, 0.15) is 0 Å². The van der Waals surface area contributed by atoms with E-state index < -0.39 is 0 Å². The summed E-state index contributed by atoms with van der Waals surface area (Å²) in [6, 6.07) is 11.7. The van der Waals surface area contributed by atoms with Gasteiger partial charge in [-0.05, 0) is 43.5 Å². The second-order valence-corrected chi connectivity index (χ2v) is 7.94. The van der Waals surface area contributed by atoms with Crippen molar-refractivity contribution in [3.8, 4) is 11.3 Å². The highest BCUT2D eigenvalue weighted by molar-refractivity contribution is 5.94. The van der Waals surface area contributed by atoms with Crippen molar-refractivity contribution in [3.05, 3.63) is 47.7 Å². The van der Waals surface area contributed by atoms with Gasteiger partial charge in [0, 0.05) is 50.0 Å². The number of benzene rings is 1. The van der Waals surface area contributed by atoms with Crippen LogP contribution in [0.25, 0.3) is 11.3 Å². The summed E-state index contributed by atoms with van der Waals surface area (Å²) >= 11 is 0. The molecule has 0 bridgehead atoms. The zero-order chi connectivity index (χ0) is 20.1. The highest BCUT2D eigenvalue weighted by atomic mass is 16.3. The van der Waals surface area contributed by atoms with E-state index in [9.17, 15) is 9.90 Å². The zero-order valence-corrected chi connectivity index (χ0v) is 17.0. The van der Waals surface area contributed by atoms with Crippen LogP contribution in [0.5, 0.6) is 0 Å². The molecule has 2 heterocycles. The smallest absolute Gasteiger partial charge is 0.253 e. The van der Waals surface area contributed by atoms with E-state index in [1.54, 1.807) is 0 Å². The first-order valence-electron chi connectivity index (χ1n) is 10.0. The quantitative estimate of drug-likeness (QED) is 0.832. The van der Waals surface area contributed by atoms with E-state index in [1.807, 2.05) is 48.2 Å². The molecule has 28 heavy (non-hydrogen) atoms. The SMILES string of the molecule is Cc1ccc(-c2ccc(C(=O)N3CCN(CC(C)C)C(CCO)C3)cc2)nn1. The molecule has 1 saturated heterocycles. The summed E-state index contributed by atoms with van der Waals surface area (Å²) in [4.78, 5) is 17.3. The van der Waals surface area contributed by atoms with Gasteiger partial charge in [0.25, 0.3) is 5.91 Å². The second-order valence-electron chi connectivity index (χ2n) is 7.94. The van der Waals surface area contributed by atoms with Crippen LogP contribution in [-0.2, 0) is 0 Å². The predicted molar refractivity (Wildman–Crippen MR) is 110 cm³/mol. The van der Waals surface area contributed by atoms with E-state index in [1.165, 1.54) is 0 Å². The highest BCUT2D eigenvalue weighted by Crippen LogP contribution is 2.20. The van der Waals surface area contributed by atoms with Crippen molar-refractivity contribution in [1.82, 2.24) is 20.0 Å². The maximum Gasteiger partial charge on any atom is 0.253 e. The maximum atomic E-state index is 13.0. The van der Waals surface area contributed by atoms with Crippen LogP contribution in [0, 0.1) is 12.8 Å². The van der Waals surface area contributed by atoms with Gasteiger partial charge in [-0.25, -0.2) is 0 Å². The van der Waals surface area contributed by atoms with Gasteiger partial charge in [-0.1, -0.05) is 26.0 Å². The maximum absolute atomic E-state index is 13.0. The Morgan fingerprint density at radius 3 is 2.50 bits per heavy atom. The summed E-state index contributed by atoms with van der Waals surface area (Å²) in [6.45, 7) is 9.69. The molecule has 1 aliphatic heterocycles. The van der Waals surface area contributed by atoms with Crippen LogP contribution < -0.4 is 0 Å². The van der Waals surface area contributed by atoms with Crippen LogP contribution in [0.15, 0.2) is 36.4 Å². The van der Waals surface area contributed by atoms with Crippen molar-refractivity contribution >= 4 is 5.91 Å². The topological polar surface area (TPSA) is 69.6 Å². The van der Waals surface area contributed by atoms with Gasteiger partial charge in [-0.3, -0.25) is 9.69 Å². The first-order chi connectivity index (χ1) is 13.5. The molecule has 0 spiro atoms. The number of carbonyl (C=O) groups excluding carboxylic acids is 1. The first kappa shape index (κ1) is 20.4. The lowest BCUT2D eigenvalue weighted by atomic mass is 10.0. The molecule has 1 aromatic carbocycles. The molecule has 1 aliphatic rings. The number of rotatable bonds is 6. The molecule has 6 heteroatoms. The summed E-state index contributed by atoms with van der Waals surface area (Å²) in [6.07, 6.45) is 0.696. The molecule has 0 saturated carbocycles. The Bertz CT molecular complexity index is 774. The number of carbonyl (C=O) groups is 1. The lowest BCUT2D eigenvalue weighted by Crippen LogP contribution is -2.55. The monoisotopic (exact) mass is 382 g/mol. The summed E-state index contributed by atoms with van der Waals surface area (Å²) in [7, 11) is 0. The number of hydrogen-bond donors (Lipinski definition) is 1. The minimum atomic E-state index is 0.0497. The van der Waals surface area contributed by atoms with E-state index in [2.05, 4.69) is 28.9 Å². The lowest BCUT2D eigenvalue weighted by molar-refractivity contribution is 0.0384. The standard InChI is InChI=1S/C22H30N4O2/c1-16(2)14-25-11-12-26(15-20(25)10-13-27)22(28)19-7-5-18(6-8-19)21-9-4-17(3)23-24-21/h4-9,16,20,27H,10-15H2,1-3H3. The molecule has 1 aromatic heterocycles. The summed E-state index contributed by atoms with van der Waals surface area (Å²) in [5.41, 5.74) is 3.31. The number of aryl methyl sites for hydroxylation is 1. The largest absolute Gasteiger partial charge is 0.396 e. The van der Waals surface area contributed by atoms with Crippen LogP contribution in [0.3, 0.4) is 0 Å². The van der Waals surface area contributed by atoms with E-state index >= 15 is 0 Å².